The molecular formula is C18H36N2O2. The lowest BCUT2D eigenvalue weighted by Gasteiger charge is -2.35. The van der Waals surface area contributed by atoms with E-state index in [1.807, 2.05) is 20.8 Å². The van der Waals surface area contributed by atoms with Gasteiger partial charge in [-0.3, -0.25) is 0 Å². The molecule has 1 aliphatic carbocycles. The molecule has 2 N–H and O–H groups in total. The van der Waals surface area contributed by atoms with Gasteiger partial charge in [-0.1, -0.05) is 27.2 Å². The van der Waals surface area contributed by atoms with Gasteiger partial charge < -0.3 is 15.4 Å². The van der Waals surface area contributed by atoms with Crippen LogP contribution in [-0.2, 0) is 4.74 Å². The molecule has 0 aromatic heterocycles. The zero-order valence-electron chi connectivity index (χ0n) is 15.4. The van der Waals surface area contributed by atoms with Crippen LogP contribution in [0.4, 0.5) is 4.79 Å². The van der Waals surface area contributed by atoms with Crippen molar-refractivity contribution in [2.75, 3.05) is 6.54 Å². The van der Waals surface area contributed by atoms with Gasteiger partial charge in [0.15, 0.2) is 0 Å². The summed E-state index contributed by atoms with van der Waals surface area (Å²) in [6.07, 6.45) is 5.71. The summed E-state index contributed by atoms with van der Waals surface area (Å²) in [7, 11) is 0. The van der Waals surface area contributed by atoms with E-state index in [1.165, 1.54) is 19.3 Å². The largest absolute Gasteiger partial charge is 0.444 e. The number of alkyl carbamates (subject to hydrolysis) is 1. The van der Waals surface area contributed by atoms with Gasteiger partial charge in [0.2, 0.25) is 0 Å². The van der Waals surface area contributed by atoms with Crippen molar-refractivity contribution < 1.29 is 9.53 Å². The molecule has 22 heavy (non-hydrogen) atoms. The lowest BCUT2D eigenvalue weighted by atomic mass is 9.80. The molecule has 4 heteroatoms. The second kappa shape index (κ2) is 8.76. The van der Waals surface area contributed by atoms with Crippen LogP contribution in [0, 0.1) is 11.8 Å². The topological polar surface area (TPSA) is 50.4 Å². The molecule has 0 bridgehead atoms. The Kier molecular flexibility index (Phi) is 7.67. The van der Waals surface area contributed by atoms with Crippen molar-refractivity contribution in [3.05, 3.63) is 0 Å². The molecule has 0 saturated heterocycles. The first-order valence-corrected chi connectivity index (χ1v) is 8.92. The Morgan fingerprint density at radius 2 is 1.77 bits per heavy atom. The number of amides is 1. The normalized spacial score (nSPS) is 27.3. The van der Waals surface area contributed by atoms with Crippen LogP contribution in [0.15, 0.2) is 0 Å². The highest BCUT2D eigenvalue weighted by Crippen LogP contribution is 2.28. The Balaban J connectivity index is 2.42. The van der Waals surface area contributed by atoms with Crippen LogP contribution in [0.5, 0.6) is 0 Å². The number of nitrogens with one attached hydrogen (secondary N) is 2. The van der Waals surface area contributed by atoms with Crippen molar-refractivity contribution in [1.29, 1.82) is 0 Å². The molecule has 0 aromatic rings. The monoisotopic (exact) mass is 312 g/mol. The van der Waals surface area contributed by atoms with E-state index in [0.717, 1.165) is 24.7 Å². The standard InChI is InChI=1S/C18H36N2O2/c1-7-8-15(12-19-17(21)22-18(4,5)6)20-16-10-13(2)9-14(3)11-16/h13-16,20H,7-12H2,1-6H3,(H,19,21). The summed E-state index contributed by atoms with van der Waals surface area (Å²) < 4.78 is 5.31. The predicted molar refractivity (Wildman–Crippen MR) is 92.0 cm³/mol. The van der Waals surface area contributed by atoms with Crippen LogP contribution >= 0.6 is 0 Å². The van der Waals surface area contributed by atoms with Crippen molar-refractivity contribution in [1.82, 2.24) is 10.6 Å². The highest BCUT2D eigenvalue weighted by molar-refractivity contribution is 5.67. The number of carbonyl (C=O) groups excluding carboxylic acids is 1. The molecule has 0 spiro atoms. The zero-order valence-corrected chi connectivity index (χ0v) is 15.4. The van der Waals surface area contributed by atoms with Gasteiger partial charge >= 0.3 is 6.09 Å². The zero-order chi connectivity index (χ0) is 16.8. The Labute approximate surface area is 136 Å². The molecule has 130 valence electrons. The van der Waals surface area contributed by atoms with E-state index in [4.69, 9.17) is 4.74 Å². The lowest BCUT2D eigenvalue weighted by molar-refractivity contribution is 0.0519. The fraction of sp³-hybridized carbons (Fsp3) is 0.944. The van der Waals surface area contributed by atoms with Gasteiger partial charge in [0.25, 0.3) is 0 Å². The van der Waals surface area contributed by atoms with E-state index >= 15 is 0 Å². The van der Waals surface area contributed by atoms with Crippen LogP contribution in [0.3, 0.4) is 0 Å². The van der Waals surface area contributed by atoms with Crippen LogP contribution in [-0.4, -0.2) is 30.3 Å². The third-order valence-corrected chi connectivity index (χ3v) is 4.18. The molecular weight excluding hydrogens is 276 g/mol. The predicted octanol–water partition coefficient (Wildman–Crippen LogP) is 4.09. The maximum atomic E-state index is 11.8. The molecule has 1 saturated carbocycles. The molecule has 0 heterocycles. The quantitative estimate of drug-likeness (QED) is 0.776. The second-order valence-corrected chi connectivity index (χ2v) is 8.15. The van der Waals surface area contributed by atoms with Gasteiger partial charge in [-0.25, -0.2) is 4.79 Å². The molecule has 1 fully saturated rings. The number of rotatable bonds is 6. The first-order valence-electron chi connectivity index (χ1n) is 8.92. The molecule has 3 atom stereocenters. The third-order valence-electron chi connectivity index (χ3n) is 4.18. The SMILES string of the molecule is CCCC(CNC(=O)OC(C)(C)C)NC1CC(C)CC(C)C1. The minimum atomic E-state index is -0.438. The maximum Gasteiger partial charge on any atom is 0.407 e. The van der Waals surface area contributed by atoms with E-state index in [2.05, 4.69) is 31.4 Å². The number of ether oxygens (including phenoxy) is 1. The van der Waals surface area contributed by atoms with Gasteiger partial charge in [-0.15, -0.1) is 0 Å². The minimum absolute atomic E-state index is 0.319. The lowest BCUT2D eigenvalue weighted by Crippen LogP contribution is -2.48. The molecule has 0 radical (unpaired) electrons. The summed E-state index contributed by atoms with van der Waals surface area (Å²) in [6.45, 7) is 13.2. The van der Waals surface area contributed by atoms with Crippen molar-refractivity contribution >= 4 is 6.09 Å². The van der Waals surface area contributed by atoms with E-state index in [9.17, 15) is 4.79 Å². The third kappa shape index (κ3) is 8.02. The first-order chi connectivity index (χ1) is 10.2. The maximum absolute atomic E-state index is 11.8. The summed E-state index contributed by atoms with van der Waals surface area (Å²) in [6, 6.07) is 0.913. The molecule has 1 aliphatic rings. The van der Waals surface area contributed by atoms with Crippen molar-refractivity contribution in [3.63, 3.8) is 0 Å². The van der Waals surface area contributed by atoms with Gasteiger partial charge in [0.1, 0.15) is 5.60 Å². The Bertz CT molecular complexity index is 328. The highest BCUT2D eigenvalue weighted by atomic mass is 16.6. The van der Waals surface area contributed by atoms with Gasteiger partial charge in [-0.05, 0) is 58.3 Å². The van der Waals surface area contributed by atoms with Crippen molar-refractivity contribution in [2.24, 2.45) is 11.8 Å². The highest BCUT2D eigenvalue weighted by Gasteiger charge is 2.26. The van der Waals surface area contributed by atoms with E-state index in [1.54, 1.807) is 0 Å². The summed E-state index contributed by atoms with van der Waals surface area (Å²) in [4.78, 5) is 11.8. The summed E-state index contributed by atoms with van der Waals surface area (Å²) in [5, 5.41) is 6.68. The molecule has 1 rings (SSSR count). The number of hydrogen-bond acceptors (Lipinski definition) is 3. The Morgan fingerprint density at radius 3 is 2.27 bits per heavy atom. The van der Waals surface area contributed by atoms with E-state index in [0.29, 0.717) is 18.6 Å². The average molecular weight is 312 g/mol. The van der Waals surface area contributed by atoms with Crippen LogP contribution < -0.4 is 10.6 Å². The molecule has 0 aromatic carbocycles. The summed E-state index contributed by atoms with van der Waals surface area (Å²) in [5.74, 6) is 1.59. The van der Waals surface area contributed by atoms with Crippen LogP contribution in [0.25, 0.3) is 0 Å². The fourth-order valence-electron chi connectivity index (χ4n) is 3.53. The summed E-state index contributed by atoms with van der Waals surface area (Å²) >= 11 is 0. The number of carbonyl (C=O) groups is 1. The smallest absolute Gasteiger partial charge is 0.407 e. The van der Waals surface area contributed by atoms with Gasteiger partial charge in [0.05, 0.1) is 0 Å². The van der Waals surface area contributed by atoms with E-state index < -0.39 is 5.60 Å². The first kappa shape index (κ1) is 19.3. The summed E-state index contributed by atoms with van der Waals surface area (Å²) in [5.41, 5.74) is -0.438. The number of hydrogen-bond donors (Lipinski definition) is 2. The Hall–Kier alpha value is -0.770. The van der Waals surface area contributed by atoms with Crippen molar-refractivity contribution in [2.45, 2.75) is 91.3 Å². The molecule has 3 unspecified atom stereocenters. The van der Waals surface area contributed by atoms with Crippen LogP contribution in [0.1, 0.15) is 73.6 Å². The fourth-order valence-corrected chi connectivity index (χ4v) is 3.53. The van der Waals surface area contributed by atoms with Gasteiger partial charge in [-0.2, -0.15) is 0 Å². The minimum Gasteiger partial charge on any atom is -0.444 e. The van der Waals surface area contributed by atoms with Gasteiger partial charge in [0, 0.05) is 18.6 Å². The molecule has 0 aliphatic heterocycles. The molecule has 4 nitrogen and oxygen atoms in total. The van der Waals surface area contributed by atoms with Crippen LogP contribution in [0.2, 0.25) is 0 Å². The Morgan fingerprint density at radius 1 is 1.18 bits per heavy atom. The van der Waals surface area contributed by atoms with E-state index in [-0.39, 0.29) is 6.09 Å². The molecule has 1 amide bonds. The van der Waals surface area contributed by atoms with Crippen molar-refractivity contribution in [3.8, 4) is 0 Å². The second-order valence-electron chi connectivity index (χ2n) is 8.15. The average Bonchev–Trinajstić information content (AvgIpc) is 2.33.